The summed E-state index contributed by atoms with van der Waals surface area (Å²) in [6.45, 7) is 0.107. The van der Waals surface area contributed by atoms with Crippen LogP contribution in [0.25, 0.3) is 0 Å². The number of carbonyl (C=O) groups is 1. The lowest BCUT2D eigenvalue weighted by Crippen LogP contribution is -2.00. The van der Waals surface area contributed by atoms with Gasteiger partial charge in [0.2, 0.25) is 0 Å². The summed E-state index contributed by atoms with van der Waals surface area (Å²) >= 11 is 0. The first kappa shape index (κ1) is 14.0. The van der Waals surface area contributed by atoms with E-state index < -0.39 is 17.6 Å². The zero-order chi connectivity index (χ0) is 14.5. The maximum absolute atomic E-state index is 13.0. The van der Waals surface area contributed by atoms with E-state index in [9.17, 15) is 13.6 Å². The standard InChI is InChI=1S/C15H12F2O3/c16-13-6-3-11(7-14(13)17)9-20-12-4-1-10(2-5-12)8-15(18)19/h1-7H,8-9H2,(H,18,19). The Bertz CT molecular complexity index is 609. The molecular formula is C15H12F2O3. The molecule has 2 aromatic rings. The number of carboxylic acids is 1. The van der Waals surface area contributed by atoms with Crippen LogP contribution in [0.1, 0.15) is 11.1 Å². The maximum Gasteiger partial charge on any atom is 0.307 e. The highest BCUT2D eigenvalue weighted by molar-refractivity contribution is 5.70. The van der Waals surface area contributed by atoms with Gasteiger partial charge in [0.1, 0.15) is 12.4 Å². The minimum atomic E-state index is -0.914. The fraction of sp³-hybridized carbons (Fsp3) is 0.133. The van der Waals surface area contributed by atoms with E-state index in [0.717, 1.165) is 12.1 Å². The second-order valence-electron chi connectivity index (χ2n) is 4.25. The molecule has 2 aromatic carbocycles. The summed E-state index contributed by atoms with van der Waals surface area (Å²) in [7, 11) is 0. The zero-order valence-electron chi connectivity index (χ0n) is 10.5. The van der Waals surface area contributed by atoms with Crippen LogP contribution in [0.15, 0.2) is 42.5 Å². The van der Waals surface area contributed by atoms with Gasteiger partial charge in [-0.2, -0.15) is 0 Å². The lowest BCUT2D eigenvalue weighted by Gasteiger charge is -2.07. The predicted octanol–water partition coefficient (Wildman–Crippen LogP) is 3.17. The minimum absolute atomic E-state index is 0.0521. The second kappa shape index (κ2) is 6.14. The third-order valence-electron chi connectivity index (χ3n) is 2.67. The van der Waals surface area contributed by atoms with Crippen molar-refractivity contribution in [2.24, 2.45) is 0 Å². The van der Waals surface area contributed by atoms with Gasteiger partial charge in [-0.25, -0.2) is 8.78 Å². The van der Waals surface area contributed by atoms with Gasteiger partial charge in [-0.1, -0.05) is 18.2 Å². The van der Waals surface area contributed by atoms with Gasteiger partial charge in [-0.3, -0.25) is 4.79 Å². The van der Waals surface area contributed by atoms with E-state index in [-0.39, 0.29) is 13.0 Å². The molecule has 0 amide bonds. The lowest BCUT2D eigenvalue weighted by molar-refractivity contribution is -0.136. The summed E-state index contributed by atoms with van der Waals surface area (Å²) in [6, 6.07) is 10.1. The third-order valence-corrected chi connectivity index (χ3v) is 2.67. The molecule has 0 radical (unpaired) electrons. The molecule has 0 unspecified atom stereocenters. The Balaban J connectivity index is 1.96. The van der Waals surface area contributed by atoms with Crippen LogP contribution in [0.3, 0.4) is 0 Å². The first-order valence-electron chi connectivity index (χ1n) is 5.92. The number of benzene rings is 2. The van der Waals surface area contributed by atoms with E-state index in [0.29, 0.717) is 16.9 Å². The van der Waals surface area contributed by atoms with Crippen LogP contribution in [-0.2, 0) is 17.8 Å². The summed E-state index contributed by atoms with van der Waals surface area (Å²) in [5.74, 6) is -2.18. The number of hydrogen-bond donors (Lipinski definition) is 1. The molecular weight excluding hydrogens is 266 g/mol. The molecule has 0 saturated carbocycles. The predicted molar refractivity (Wildman–Crippen MR) is 68.5 cm³/mol. The molecule has 0 aliphatic rings. The van der Waals surface area contributed by atoms with Gasteiger partial charge in [-0.15, -0.1) is 0 Å². The van der Waals surface area contributed by atoms with Crippen LogP contribution in [0, 0.1) is 11.6 Å². The summed E-state index contributed by atoms with van der Waals surface area (Å²) in [6.07, 6.45) is -0.0521. The Morgan fingerprint density at radius 3 is 2.25 bits per heavy atom. The quantitative estimate of drug-likeness (QED) is 0.913. The highest BCUT2D eigenvalue weighted by Crippen LogP contribution is 2.16. The first-order valence-corrected chi connectivity index (χ1v) is 5.92. The van der Waals surface area contributed by atoms with Crippen molar-refractivity contribution in [2.45, 2.75) is 13.0 Å². The van der Waals surface area contributed by atoms with Crippen molar-refractivity contribution in [1.82, 2.24) is 0 Å². The van der Waals surface area contributed by atoms with Crippen molar-refractivity contribution in [2.75, 3.05) is 0 Å². The minimum Gasteiger partial charge on any atom is -0.489 e. The Labute approximate surface area is 114 Å². The molecule has 0 heterocycles. The Morgan fingerprint density at radius 1 is 1.00 bits per heavy atom. The SMILES string of the molecule is O=C(O)Cc1ccc(OCc2ccc(F)c(F)c2)cc1. The molecule has 0 aliphatic carbocycles. The van der Waals surface area contributed by atoms with E-state index in [1.165, 1.54) is 6.07 Å². The molecule has 1 N–H and O–H groups in total. The lowest BCUT2D eigenvalue weighted by atomic mass is 10.1. The van der Waals surface area contributed by atoms with Crippen molar-refractivity contribution in [3.8, 4) is 5.75 Å². The van der Waals surface area contributed by atoms with Crippen molar-refractivity contribution >= 4 is 5.97 Å². The highest BCUT2D eigenvalue weighted by atomic mass is 19.2. The fourth-order valence-electron chi connectivity index (χ4n) is 1.67. The number of rotatable bonds is 5. The van der Waals surface area contributed by atoms with E-state index in [2.05, 4.69) is 0 Å². The van der Waals surface area contributed by atoms with E-state index >= 15 is 0 Å². The largest absolute Gasteiger partial charge is 0.489 e. The smallest absolute Gasteiger partial charge is 0.307 e. The number of ether oxygens (including phenoxy) is 1. The third kappa shape index (κ3) is 3.78. The van der Waals surface area contributed by atoms with E-state index in [1.807, 2.05) is 0 Å². The fourth-order valence-corrected chi connectivity index (χ4v) is 1.67. The summed E-state index contributed by atoms with van der Waals surface area (Å²) in [5, 5.41) is 8.64. The van der Waals surface area contributed by atoms with Crippen molar-refractivity contribution in [3.05, 3.63) is 65.2 Å². The topological polar surface area (TPSA) is 46.5 Å². The van der Waals surface area contributed by atoms with Crippen LogP contribution in [-0.4, -0.2) is 11.1 Å². The average molecular weight is 278 g/mol. The molecule has 2 rings (SSSR count). The first-order chi connectivity index (χ1) is 9.54. The normalized spacial score (nSPS) is 10.3. The van der Waals surface area contributed by atoms with Crippen LogP contribution in [0.4, 0.5) is 8.78 Å². The molecule has 0 aromatic heterocycles. The molecule has 5 heteroatoms. The van der Waals surface area contributed by atoms with Crippen LogP contribution in [0.2, 0.25) is 0 Å². The monoisotopic (exact) mass is 278 g/mol. The zero-order valence-corrected chi connectivity index (χ0v) is 10.5. The van der Waals surface area contributed by atoms with E-state index in [4.69, 9.17) is 9.84 Å². The number of halogens is 2. The Morgan fingerprint density at radius 2 is 1.65 bits per heavy atom. The molecule has 0 spiro atoms. The van der Waals surface area contributed by atoms with Crippen LogP contribution in [0.5, 0.6) is 5.75 Å². The maximum atomic E-state index is 13.0. The molecule has 0 aliphatic heterocycles. The van der Waals surface area contributed by atoms with Gasteiger partial charge in [0.05, 0.1) is 6.42 Å². The molecule has 0 bridgehead atoms. The van der Waals surface area contributed by atoms with Crippen LogP contribution < -0.4 is 4.74 Å². The molecule has 104 valence electrons. The second-order valence-corrected chi connectivity index (χ2v) is 4.25. The summed E-state index contributed by atoms with van der Waals surface area (Å²) in [4.78, 5) is 10.5. The Hall–Kier alpha value is -2.43. The van der Waals surface area contributed by atoms with Crippen LogP contribution >= 0.6 is 0 Å². The summed E-state index contributed by atoms with van der Waals surface area (Å²) < 4.78 is 31.2. The molecule has 3 nitrogen and oxygen atoms in total. The van der Waals surface area contributed by atoms with Gasteiger partial charge in [0.25, 0.3) is 0 Å². The average Bonchev–Trinajstić information content (AvgIpc) is 2.41. The van der Waals surface area contributed by atoms with Gasteiger partial charge >= 0.3 is 5.97 Å². The van der Waals surface area contributed by atoms with E-state index in [1.54, 1.807) is 24.3 Å². The van der Waals surface area contributed by atoms with Crippen molar-refractivity contribution in [3.63, 3.8) is 0 Å². The highest BCUT2D eigenvalue weighted by Gasteiger charge is 2.04. The van der Waals surface area contributed by atoms with Crippen molar-refractivity contribution < 1.29 is 23.4 Å². The number of carboxylic acid groups (broad SMARTS) is 1. The molecule has 0 fully saturated rings. The Kier molecular flexibility index (Phi) is 4.30. The van der Waals surface area contributed by atoms with Gasteiger partial charge in [0.15, 0.2) is 11.6 Å². The van der Waals surface area contributed by atoms with Gasteiger partial charge in [-0.05, 0) is 35.4 Å². The number of aliphatic carboxylic acids is 1. The summed E-state index contributed by atoms with van der Waals surface area (Å²) in [5.41, 5.74) is 1.18. The number of hydrogen-bond acceptors (Lipinski definition) is 2. The molecule has 20 heavy (non-hydrogen) atoms. The van der Waals surface area contributed by atoms with Gasteiger partial charge in [0, 0.05) is 0 Å². The molecule has 0 saturated heterocycles. The van der Waals surface area contributed by atoms with Gasteiger partial charge < -0.3 is 9.84 Å². The molecule has 0 atom stereocenters. The van der Waals surface area contributed by atoms with Crippen molar-refractivity contribution in [1.29, 1.82) is 0 Å².